The summed E-state index contributed by atoms with van der Waals surface area (Å²) in [6.45, 7) is 4.17. The van der Waals surface area contributed by atoms with Crippen molar-refractivity contribution in [3.05, 3.63) is 87.6 Å². The second-order valence-electron chi connectivity index (χ2n) is 6.38. The summed E-state index contributed by atoms with van der Waals surface area (Å²) in [5.74, 6) is 0. The molecule has 0 saturated carbocycles. The topological polar surface area (TPSA) is 3.24 Å². The van der Waals surface area contributed by atoms with Gasteiger partial charge in [0, 0.05) is 17.6 Å². The highest BCUT2D eigenvalue weighted by molar-refractivity contribution is 9.10. The highest BCUT2D eigenvalue weighted by Gasteiger charge is 2.12. The molecule has 0 unspecified atom stereocenters. The molecule has 3 heteroatoms. The molecule has 1 aliphatic heterocycles. The molecule has 0 aliphatic carbocycles. The van der Waals surface area contributed by atoms with Crippen molar-refractivity contribution >= 4 is 29.2 Å². The molecule has 0 bridgehead atoms. The van der Waals surface area contributed by atoms with Gasteiger partial charge >= 0.3 is 0 Å². The van der Waals surface area contributed by atoms with Crippen LogP contribution >= 0.6 is 15.9 Å². The van der Waals surface area contributed by atoms with E-state index in [1.165, 1.54) is 22.3 Å². The van der Waals surface area contributed by atoms with E-state index in [1.54, 1.807) is 0 Å². The van der Waals surface area contributed by atoms with E-state index in [1.807, 2.05) is 12.1 Å². The lowest BCUT2D eigenvalue weighted by atomic mass is 9.93. The molecule has 0 fully saturated rings. The summed E-state index contributed by atoms with van der Waals surface area (Å²) < 4.78 is 1.13. The van der Waals surface area contributed by atoms with Crippen LogP contribution in [0.1, 0.15) is 24.5 Å². The van der Waals surface area contributed by atoms with Gasteiger partial charge in [0.1, 0.15) is 7.85 Å². The Kier molecular flexibility index (Phi) is 5.62. The third-order valence-corrected chi connectivity index (χ3v) is 5.01. The molecule has 0 amide bonds. The Labute approximate surface area is 154 Å². The molecule has 0 N–H and O–H groups in total. The number of benzene rings is 2. The van der Waals surface area contributed by atoms with E-state index in [2.05, 4.69) is 76.4 Å². The Morgan fingerprint density at radius 3 is 2.33 bits per heavy atom. The molecular weight excluding hydrogens is 357 g/mol. The number of hydrogen-bond acceptors (Lipinski definition) is 1. The molecule has 2 aromatic carbocycles. The maximum atomic E-state index is 5.76. The molecule has 0 atom stereocenters. The van der Waals surface area contributed by atoms with Gasteiger partial charge in [-0.05, 0) is 66.4 Å². The molecule has 0 saturated heterocycles. The molecular formula is C21H21BBrN. The highest BCUT2D eigenvalue weighted by atomic mass is 79.9. The fraction of sp³-hybridized carbons (Fsp3) is 0.238. The van der Waals surface area contributed by atoms with Crippen LogP contribution in [0.3, 0.4) is 0 Å². The third kappa shape index (κ3) is 4.64. The van der Waals surface area contributed by atoms with Crippen LogP contribution in [-0.2, 0) is 13.0 Å². The summed E-state index contributed by atoms with van der Waals surface area (Å²) in [4.78, 5) is 2.38. The quantitative estimate of drug-likeness (QED) is 0.692. The van der Waals surface area contributed by atoms with E-state index < -0.39 is 0 Å². The van der Waals surface area contributed by atoms with Gasteiger partial charge in [-0.15, -0.1) is 0 Å². The van der Waals surface area contributed by atoms with Crippen LogP contribution in [0.25, 0.3) is 0 Å². The molecule has 1 aliphatic rings. The third-order valence-electron chi connectivity index (χ3n) is 4.48. The van der Waals surface area contributed by atoms with Crippen LogP contribution in [0.5, 0.6) is 0 Å². The molecule has 1 nitrogen and oxygen atoms in total. The Bertz CT molecular complexity index is 744. The van der Waals surface area contributed by atoms with Crippen molar-refractivity contribution < 1.29 is 0 Å². The maximum absolute atomic E-state index is 5.76. The van der Waals surface area contributed by atoms with Crippen molar-refractivity contribution in [3.63, 3.8) is 0 Å². The Morgan fingerprint density at radius 1 is 0.958 bits per heavy atom. The number of aryl methyl sites for hydroxylation is 1. The van der Waals surface area contributed by atoms with Gasteiger partial charge in [0.15, 0.2) is 0 Å². The van der Waals surface area contributed by atoms with Crippen molar-refractivity contribution in [1.82, 2.24) is 4.90 Å². The lowest BCUT2D eigenvalue weighted by Crippen LogP contribution is -2.23. The van der Waals surface area contributed by atoms with Crippen molar-refractivity contribution in [2.75, 3.05) is 6.54 Å². The van der Waals surface area contributed by atoms with E-state index >= 15 is 0 Å². The van der Waals surface area contributed by atoms with Gasteiger partial charge in [0.05, 0.1) is 0 Å². The van der Waals surface area contributed by atoms with E-state index in [0.29, 0.717) is 0 Å². The fourth-order valence-electron chi connectivity index (χ4n) is 2.95. The Morgan fingerprint density at radius 2 is 1.62 bits per heavy atom. The molecule has 0 spiro atoms. The molecule has 0 aromatic heterocycles. The summed E-state index contributed by atoms with van der Waals surface area (Å²) in [7, 11) is 5.76. The second kappa shape index (κ2) is 7.89. The Hall–Kier alpha value is -1.74. The predicted molar refractivity (Wildman–Crippen MR) is 107 cm³/mol. The Balaban J connectivity index is 1.60. The normalized spacial score (nSPS) is 14.3. The first-order chi connectivity index (χ1) is 11.6. The van der Waals surface area contributed by atoms with Gasteiger partial charge in [-0.3, -0.25) is 0 Å². The van der Waals surface area contributed by atoms with Gasteiger partial charge in [-0.2, -0.15) is 0 Å². The largest absolute Gasteiger partial charge is 0.369 e. The maximum Gasteiger partial charge on any atom is 0.113 e. The zero-order valence-corrected chi connectivity index (χ0v) is 15.6. The van der Waals surface area contributed by atoms with E-state index in [0.717, 1.165) is 35.9 Å². The second-order valence-corrected chi connectivity index (χ2v) is 7.29. The van der Waals surface area contributed by atoms with Crippen LogP contribution < -0.4 is 5.46 Å². The lowest BCUT2D eigenvalue weighted by Gasteiger charge is -2.27. The van der Waals surface area contributed by atoms with Crippen molar-refractivity contribution in [3.8, 4) is 0 Å². The predicted octanol–water partition coefficient (Wildman–Crippen LogP) is 4.52. The van der Waals surface area contributed by atoms with Crippen molar-refractivity contribution in [2.45, 2.75) is 26.3 Å². The average Bonchev–Trinajstić information content (AvgIpc) is 2.59. The number of nitrogens with zero attached hydrogens (tertiary/aromatic N) is 1. The number of hydrogen-bond donors (Lipinski definition) is 0. The van der Waals surface area contributed by atoms with Crippen LogP contribution in [0.2, 0.25) is 0 Å². The first kappa shape index (κ1) is 17.1. The molecule has 120 valence electrons. The number of allylic oxidation sites excluding steroid dienone is 2. The number of rotatable bonds is 5. The molecule has 2 radical (unpaired) electrons. The van der Waals surface area contributed by atoms with Gasteiger partial charge in [-0.25, -0.2) is 0 Å². The zero-order valence-electron chi connectivity index (χ0n) is 14.0. The van der Waals surface area contributed by atoms with Gasteiger partial charge in [0.2, 0.25) is 0 Å². The fourth-order valence-corrected chi connectivity index (χ4v) is 3.21. The van der Waals surface area contributed by atoms with Crippen LogP contribution in [0, 0.1) is 0 Å². The molecule has 24 heavy (non-hydrogen) atoms. The smallest absolute Gasteiger partial charge is 0.113 e. The minimum Gasteiger partial charge on any atom is -0.369 e. The summed E-state index contributed by atoms with van der Waals surface area (Å²) in [6.07, 6.45) is 6.61. The summed E-state index contributed by atoms with van der Waals surface area (Å²) in [6, 6.07) is 16.8. The first-order valence-corrected chi connectivity index (χ1v) is 9.09. The van der Waals surface area contributed by atoms with Crippen LogP contribution in [0.4, 0.5) is 0 Å². The van der Waals surface area contributed by atoms with Gasteiger partial charge in [0.25, 0.3) is 0 Å². The minimum absolute atomic E-state index is 0.829. The van der Waals surface area contributed by atoms with Crippen molar-refractivity contribution in [1.29, 1.82) is 0 Å². The summed E-state index contributed by atoms with van der Waals surface area (Å²) in [5, 5.41) is 0. The van der Waals surface area contributed by atoms with E-state index in [4.69, 9.17) is 7.85 Å². The monoisotopic (exact) mass is 377 g/mol. The molecule has 3 rings (SSSR count). The summed E-state index contributed by atoms with van der Waals surface area (Å²) in [5.41, 5.74) is 6.43. The van der Waals surface area contributed by atoms with E-state index in [-0.39, 0.29) is 0 Å². The summed E-state index contributed by atoms with van der Waals surface area (Å²) >= 11 is 3.49. The van der Waals surface area contributed by atoms with Gasteiger partial charge in [-0.1, -0.05) is 57.8 Å². The average molecular weight is 378 g/mol. The van der Waals surface area contributed by atoms with Crippen LogP contribution in [-0.4, -0.2) is 19.3 Å². The molecule has 2 aromatic rings. The van der Waals surface area contributed by atoms with Gasteiger partial charge < -0.3 is 4.90 Å². The zero-order chi connectivity index (χ0) is 16.9. The number of halogens is 1. The van der Waals surface area contributed by atoms with Crippen molar-refractivity contribution in [2.24, 2.45) is 0 Å². The van der Waals surface area contributed by atoms with Crippen LogP contribution in [0.15, 0.2) is 76.4 Å². The molecule has 1 heterocycles. The standard InChI is InChI=1S/C21H21BBrN/c1-16-12-13-24(14-18-5-10-21(23)11-6-18)15-19(16)7-2-17-3-8-20(22)9-4-17/h3-6,8-13H,2,7,14-15H2,1H3. The lowest BCUT2D eigenvalue weighted by molar-refractivity contribution is 0.388. The van der Waals surface area contributed by atoms with E-state index in [9.17, 15) is 0 Å². The highest BCUT2D eigenvalue weighted by Crippen LogP contribution is 2.22. The SMILES string of the molecule is [B]c1ccc(CCC2=C(C)C=CN(Cc3ccc(Br)cc3)C2)cc1. The first-order valence-electron chi connectivity index (χ1n) is 8.30. The minimum atomic E-state index is 0.829.